The third-order valence-electron chi connectivity index (χ3n) is 4.21. The zero-order valence-corrected chi connectivity index (χ0v) is 17.4. The Labute approximate surface area is 181 Å². The molecule has 4 nitrogen and oxygen atoms in total. The zero-order chi connectivity index (χ0) is 20.4. The van der Waals surface area contributed by atoms with E-state index in [2.05, 4.69) is 4.98 Å². The summed E-state index contributed by atoms with van der Waals surface area (Å²) < 4.78 is 2.05. The minimum Gasteiger partial charge on any atom is -0.508 e. The number of benzene rings is 2. The van der Waals surface area contributed by atoms with Gasteiger partial charge in [0.2, 0.25) is 5.88 Å². The average Bonchev–Trinajstić information content (AvgIpc) is 3.03. The number of nitrogens with zero attached hydrogens (tertiary/aromatic N) is 2. The quantitative estimate of drug-likeness (QED) is 0.354. The fourth-order valence-electron chi connectivity index (χ4n) is 2.79. The molecule has 4 rings (SSSR count). The van der Waals surface area contributed by atoms with Gasteiger partial charge in [-0.25, -0.2) is 4.98 Å². The normalized spacial score (nSPS) is 11.2. The van der Waals surface area contributed by atoms with Gasteiger partial charge in [0.25, 0.3) is 0 Å². The maximum atomic E-state index is 10.8. The lowest BCUT2D eigenvalue weighted by molar-refractivity contribution is 0.443. The Bertz CT molecular complexity index is 1240. The van der Waals surface area contributed by atoms with Crippen molar-refractivity contribution in [2.75, 3.05) is 0 Å². The van der Waals surface area contributed by atoms with Gasteiger partial charge in [-0.3, -0.25) is 4.57 Å². The van der Waals surface area contributed by atoms with E-state index in [9.17, 15) is 10.2 Å². The Morgan fingerprint density at radius 1 is 0.931 bits per heavy atom. The predicted octanol–water partition coefficient (Wildman–Crippen LogP) is 6.57. The van der Waals surface area contributed by atoms with E-state index in [4.69, 9.17) is 23.8 Å². The van der Waals surface area contributed by atoms with Gasteiger partial charge in [0.05, 0.1) is 17.1 Å². The minimum atomic E-state index is 0.0250. The molecule has 0 saturated carbocycles. The summed E-state index contributed by atoms with van der Waals surface area (Å²) in [6.07, 6.45) is 3.85. The molecule has 0 atom stereocenters. The van der Waals surface area contributed by atoms with Gasteiger partial charge in [-0.1, -0.05) is 47.2 Å². The fraction of sp³-hybridized carbons (Fsp3) is 0. The highest BCUT2D eigenvalue weighted by atomic mass is 35.5. The van der Waals surface area contributed by atoms with Crippen LogP contribution >= 0.6 is 35.2 Å². The van der Waals surface area contributed by atoms with Gasteiger partial charge < -0.3 is 10.2 Å². The predicted molar refractivity (Wildman–Crippen MR) is 121 cm³/mol. The number of hydrogen-bond acceptors (Lipinski definition) is 5. The molecule has 0 unspecified atom stereocenters. The van der Waals surface area contributed by atoms with Crippen LogP contribution in [0.4, 0.5) is 0 Å². The number of pyridine rings is 1. The second-order valence-electron chi connectivity index (χ2n) is 6.21. The molecule has 2 heterocycles. The average molecular weight is 439 g/mol. The van der Waals surface area contributed by atoms with Crippen molar-refractivity contribution in [2.45, 2.75) is 0 Å². The Morgan fingerprint density at radius 2 is 1.66 bits per heavy atom. The molecular formula is C22H15ClN2O2S2. The van der Waals surface area contributed by atoms with Gasteiger partial charge in [-0.2, -0.15) is 0 Å². The Balaban J connectivity index is 1.68. The molecule has 0 aliphatic heterocycles. The lowest BCUT2D eigenvalue weighted by Crippen LogP contribution is -1.93. The van der Waals surface area contributed by atoms with Crippen molar-refractivity contribution < 1.29 is 10.2 Å². The topological polar surface area (TPSA) is 58.3 Å². The lowest BCUT2D eigenvalue weighted by Gasteiger charge is -2.05. The summed E-state index contributed by atoms with van der Waals surface area (Å²) in [4.78, 5) is 5.22. The molecule has 0 bridgehead atoms. The standard InChI is InChI=1S/C22H15ClN2O2S2/c23-15-7-4-14(5-8-15)6-9-16-2-1-3-19(24-16)20-21(27)25(22(28)29-20)17-10-12-18(26)13-11-17/h1-13,26-27H/b9-6+. The van der Waals surface area contributed by atoms with Crippen LogP contribution in [0.1, 0.15) is 11.3 Å². The highest BCUT2D eigenvalue weighted by Gasteiger charge is 2.16. The van der Waals surface area contributed by atoms with E-state index < -0.39 is 0 Å². The first-order chi connectivity index (χ1) is 14.0. The van der Waals surface area contributed by atoms with E-state index in [-0.39, 0.29) is 11.6 Å². The Kier molecular flexibility index (Phi) is 5.49. The van der Waals surface area contributed by atoms with E-state index in [1.165, 1.54) is 11.3 Å². The van der Waals surface area contributed by atoms with Crippen molar-refractivity contribution in [2.24, 2.45) is 0 Å². The van der Waals surface area contributed by atoms with Crippen molar-refractivity contribution in [3.05, 3.63) is 87.0 Å². The van der Waals surface area contributed by atoms with E-state index in [0.717, 1.165) is 11.3 Å². The summed E-state index contributed by atoms with van der Waals surface area (Å²) in [5.74, 6) is 0.175. The van der Waals surface area contributed by atoms with Crippen LogP contribution in [0.2, 0.25) is 5.02 Å². The van der Waals surface area contributed by atoms with Gasteiger partial charge in [-0.15, -0.1) is 0 Å². The fourth-order valence-corrected chi connectivity index (χ4v) is 4.22. The first-order valence-electron chi connectivity index (χ1n) is 8.66. The number of halogens is 1. The van der Waals surface area contributed by atoms with Crippen molar-refractivity contribution in [3.63, 3.8) is 0 Å². The molecule has 0 aliphatic carbocycles. The molecule has 0 saturated heterocycles. The van der Waals surface area contributed by atoms with E-state index in [1.807, 2.05) is 54.6 Å². The van der Waals surface area contributed by atoms with Crippen LogP contribution in [-0.4, -0.2) is 19.8 Å². The Hall–Kier alpha value is -2.93. The van der Waals surface area contributed by atoms with Crippen LogP contribution in [-0.2, 0) is 0 Å². The molecule has 2 aromatic heterocycles. The van der Waals surface area contributed by atoms with Gasteiger partial charge in [0.1, 0.15) is 10.6 Å². The molecule has 2 aromatic carbocycles. The van der Waals surface area contributed by atoms with E-state index in [1.54, 1.807) is 28.8 Å². The molecule has 144 valence electrons. The SMILES string of the molecule is Oc1ccc(-n2c(O)c(-c3cccc(/C=C/c4ccc(Cl)cc4)n3)sc2=S)cc1. The second-order valence-corrected chi connectivity index (χ2v) is 8.29. The summed E-state index contributed by atoms with van der Waals surface area (Å²) in [5.41, 5.74) is 3.08. The van der Waals surface area contributed by atoms with Crippen LogP contribution in [0.25, 0.3) is 28.4 Å². The summed E-state index contributed by atoms with van der Waals surface area (Å²) in [7, 11) is 0. The molecule has 4 aromatic rings. The number of aromatic nitrogens is 2. The molecular weight excluding hydrogens is 424 g/mol. The second kappa shape index (κ2) is 8.21. The van der Waals surface area contributed by atoms with Gasteiger partial charge in [0, 0.05) is 5.02 Å². The van der Waals surface area contributed by atoms with Crippen LogP contribution in [0.15, 0.2) is 66.7 Å². The van der Waals surface area contributed by atoms with E-state index in [0.29, 0.717) is 25.2 Å². The van der Waals surface area contributed by atoms with Crippen molar-refractivity contribution in [1.29, 1.82) is 0 Å². The molecule has 0 aliphatic rings. The van der Waals surface area contributed by atoms with Crippen LogP contribution in [0.5, 0.6) is 11.6 Å². The van der Waals surface area contributed by atoms with Crippen LogP contribution < -0.4 is 0 Å². The smallest absolute Gasteiger partial charge is 0.217 e. The lowest BCUT2D eigenvalue weighted by atomic mass is 10.2. The van der Waals surface area contributed by atoms with Gasteiger partial charge in [-0.05, 0) is 72.4 Å². The molecule has 0 spiro atoms. The van der Waals surface area contributed by atoms with Gasteiger partial charge in [0.15, 0.2) is 3.95 Å². The monoisotopic (exact) mass is 438 g/mol. The largest absolute Gasteiger partial charge is 0.508 e. The third-order valence-corrected chi connectivity index (χ3v) is 5.85. The zero-order valence-electron chi connectivity index (χ0n) is 15.0. The van der Waals surface area contributed by atoms with Crippen LogP contribution in [0.3, 0.4) is 0 Å². The molecule has 0 fully saturated rings. The van der Waals surface area contributed by atoms with E-state index >= 15 is 0 Å². The number of hydrogen-bond donors (Lipinski definition) is 2. The highest BCUT2D eigenvalue weighted by Crippen LogP contribution is 2.37. The van der Waals surface area contributed by atoms with Crippen LogP contribution in [0, 0.1) is 3.95 Å². The third kappa shape index (κ3) is 4.24. The summed E-state index contributed by atoms with van der Waals surface area (Å²) in [6, 6.07) is 19.6. The number of phenolic OH excluding ortho intramolecular Hbond substituents is 1. The number of rotatable bonds is 4. The number of aromatic hydroxyl groups is 2. The summed E-state index contributed by atoms with van der Waals surface area (Å²) >= 11 is 12.6. The first-order valence-corrected chi connectivity index (χ1v) is 10.3. The number of thiazole rings is 1. The van der Waals surface area contributed by atoms with Gasteiger partial charge >= 0.3 is 0 Å². The maximum Gasteiger partial charge on any atom is 0.217 e. The summed E-state index contributed by atoms with van der Waals surface area (Å²) in [6.45, 7) is 0. The first kappa shape index (κ1) is 19.4. The maximum absolute atomic E-state index is 10.8. The molecule has 2 N–H and O–H groups in total. The summed E-state index contributed by atoms with van der Waals surface area (Å²) in [5, 5.41) is 21.0. The minimum absolute atomic E-state index is 0.0250. The Morgan fingerprint density at radius 3 is 2.38 bits per heavy atom. The van der Waals surface area contributed by atoms with Crippen molar-refractivity contribution in [3.8, 4) is 27.9 Å². The molecule has 0 radical (unpaired) electrons. The molecule has 0 amide bonds. The molecule has 29 heavy (non-hydrogen) atoms. The molecule has 7 heteroatoms. The van der Waals surface area contributed by atoms with Crippen molar-refractivity contribution in [1.82, 2.24) is 9.55 Å². The van der Waals surface area contributed by atoms with Crippen molar-refractivity contribution >= 4 is 47.3 Å². The number of phenols is 1. The highest BCUT2D eigenvalue weighted by molar-refractivity contribution is 7.73.